The van der Waals surface area contributed by atoms with Gasteiger partial charge in [-0.25, -0.2) is 8.42 Å². The number of halogens is 3. The molecule has 0 saturated carbocycles. The second kappa shape index (κ2) is 7.09. The smallest absolute Gasteiger partial charge is 0.242 e. The monoisotopic (exact) mass is 391 g/mol. The first-order valence-corrected chi connectivity index (χ1v) is 9.15. The van der Waals surface area contributed by atoms with Crippen molar-refractivity contribution in [3.63, 3.8) is 0 Å². The third-order valence-corrected chi connectivity index (χ3v) is 6.05. The second-order valence-electron chi connectivity index (χ2n) is 4.75. The van der Waals surface area contributed by atoms with E-state index in [9.17, 15) is 13.2 Å². The van der Waals surface area contributed by atoms with Crippen molar-refractivity contribution >= 4 is 56.2 Å². The zero-order valence-corrected chi connectivity index (χ0v) is 15.0. The third-order valence-electron chi connectivity index (χ3n) is 3.16. The van der Waals surface area contributed by atoms with Gasteiger partial charge in [0, 0.05) is 10.0 Å². The summed E-state index contributed by atoms with van der Waals surface area (Å²) in [6, 6.07) is 10.1. The van der Waals surface area contributed by atoms with E-state index in [2.05, 4.69) is 5.32 Å². The Balaban J connectivity index is 2.25. The SMILES string of the molecule is CC(C(=O)Nc1cc(Cl)ccc1Cl)S(=O)(=O)c1ccc(Cl)cc1. The first-order valence-electron chi connectivity index (χ1n) is 6.47. The van der Waals surface area contributed by atoms with E-state index < -0.39 is 21.0 Å². The zero-order valence-electron chi connectivity index (χ0n) is 11.9. The fourth-order valence-electron chi connectivity index (χ4n) is 1.80. The number of nitrogens with one attached hydrogen (secondary N) is 1. The fraction of sp³-hybridized carbons (Fsp3) is 0.133. The van der Waals surface area contributed by atoms with Gasteiger partial charge in [-0.2, -0.15) is 0 Å². The van der Waals surface area contributed by atoms with Crippen LogP contribution in [-0.4, -0.2) is 19.6 Å². The van der Waals surface area contributed by atoms with Crippen LogP contribution in [0.5, 0.6) is 0 Å². The number of carbonyl (C=O) groups excluding carboxylic acids is 1. The lowest BCUT2D eigenvalue weighted by atomic mass is 10.3. The minimum atomic E-state index is -3.84. The summed E-state index contributed by atoms with van der Waals surface area (Å²) >= 11 is 17.5. The molecule has 4 nitrogen and oxygen atoms in total. The Bertz CT molecular complexity index is 836. The Morgan fingerprint density at radius 3 is 2.17 bits per heavy atom. The topological polar surface area (TPSA) is 63.2 Å². The number of anilines is 1. The lowest BCUT2D eigenvalue weighted by Gasteiger charge is -2.14. The third kappa shape index (κ3) is 4.18. The standard InChI is InChI=1S/C15H12Cl3NO3S/c1-9(23(21,22)12-5-2-10(16)3-6-12)15(20)19-14-8-11(17)4-7-13(14)18/h2-9H,1H3,(H,19,20). The molecule has 0 aliphatic rings. The molecule has 0 fully saturated rings. The van der Waals surface area contributed by atoms with E-state index in [1.807, 2.05) is 0 Å². The Morgan fingerprint density at radius 1 is 1.00 bits per heavy atom. The molecule has 0 bridgehead atoms. The summed E-state index contributed by atoms with van der Waals surface area (Å²) in [4.78, 5) is 12.3. The molecule has 0 radical (unpaired) electrons. The Labute approximate surface area is 149 Å². The molecule has 23 heavy (non-hydrogen) atoms. The van der Waals surface area contributed by atoms with E-state index in [-0.39, 0.29) is 15.6 Å². The van der Waals surface area contributed by atoms with Crippen molar-refractivity contribution in [1.29, 1.82) is 0 Å². The van der Waals surface area contributed by atoms with Gasteiger partial charge in [-0.1, -0.05) is 34.8 Å². The summed E-state index contributed by atoms with van der Waals surface area (Å²) in [5.74, 6) is -0.705. The molecule has 0 saturated heterocycles. The zero-order chi connectivity index (χ0) is 17.2. The van der Waals surface area contributed by atoms with Crippen LogP contribution in [0.25, 0.3) is 0 Å². The molecule has 0 aromatic heterocycles. The van der Waals surface area contributed by atoms with Crippen LogP contribution < -0.4 is 5.32 Å². The summed E-state index contributed by atoms with van der Waals surface area (Å²) in [7, 11) is -3.84. The molecule has 0 spiro atoms. The summed E-state index contributed by atoms with van der Waals surface area (Å²) in [6.07, 6.45) is 0. The predicted octanol–water partition coefficient (Wildman–Crippen LogP) is 4.45. The van der Waals surface area contributed by atoms with Crippen LogP contribution in [-0.2, 0) is 14.6 Å². The van der Waals surface area contributed by atoms with Crippen molar-refractivity contribution < 1.29 is 13.2 Å². The van der Waals surface area contributed by atoms with Gasteiger partial charge in [-0.15, -0.1) is 0 Å². The number of amides is 1. The number of sulfone groups is 1. The molecule has 0 heterocycles. The van der Waals surface area contributed by atoms with Crippen LogP contribution in [0.3, 0.4) is 0 Å². The van der Waals surface area contributed by atoms with E-state index in [0.717, 1.165) is 0 Å². The molecule has 2 aromatic rings. The number of hydrogen-bond donors (Lipinski definition) is 1. The van der Waals surface area contributed by atoms with Crippen molar-refractivity contribution in [2.45, 2.75) is 17.1 Å². The van der Waals surface area contributed by atoms with Gasteiger partial charge in [0.05, 0.1) is 15.6 Å². The molecule has 2 aromatic carbocycles. The van der Waals surface area contributed by atoms with E-state index in [1.54, 1.807) is 6.07 Å². The van der Waals surface area contributed by atoms with E-state index >= 15 is 0 Å². The summed E-state index contributed by atoms with van der Waals surface area (Å²) in [6.45, 7) is 1.30. The summed E-state index contributed by atoms with van der Waals surface area (Å²) in [5, 5.41) is 2.22. The number of benzene rings is 2. The highest BCUT2D eigenvalue weighted by Gasteiger charge is 2.30. The summed E-state index contributed by atoms with van der Waals surface area (Å²) < 4.78 is 24.9. The largest absolute Gasteiger partial charge is 0.324 e. The van der Waals surface area contributed by atoms with Gasteiger partial charge in [-0.3, -0.25) is 4.79 Å². The molecule has 1 amide bonds. The minimum Gasteiger partial charge on any atom is -0.324 e. The van der Waals surface area contributed by atoms with Crippen LogP contribution in [0.1, 0.15) is 6.92 Å². The highest BCUT2D eigenvalue weighted by molar-refractivity contribution is 7.92. The van der Waals surface area contributed by atoms with Crippen LogP contribution in [0.15, 0.2) is 47.4 Å². The number of carbonyl (C=O) groups is 1. The van der Waals surface area contributed by atoms with Gasteiger partial charge < -0.3 is 5.32 Å². The molecule has 0 aliphatic heterocycles. The normalized spacial score (nSPS) is 12.7. The molecule has 1 unspecified atom stereocenters. The van der Waals surface area contributed by atoms with Crippen molar-refractivity contribution in [3.8, 4) is 0 Å². The van der Waals surface area contributed by atoms with Gasteiger partial charge >= 0.3 is 0 Å². The maximum atomic E-state index is 12.5. The highest BCUT2D eigenvalue weighted by Crippen LogP contribution is 2.26. The molecular weight excluding hydrogens is 381 g/mol. The molecule has 1 N–H and O–H groups in total. The Kier molecular flexibility index (Phi) is 5.57. The highest BCUT2D eigenvalue weighted by atomic mass is 35.5. The molecule has 8 heteroatoms. The minimum absolute atomic E-state index is 0.0155. The van der Waals surface area contributed by atoms with E-state index in [0.29, 0.717) is 10.0 Å². The van der Waals surface area contributed by atoms with Crippen LogP contribution in [0, 0.1) is 0 Å². The van der Waals surface area contributed by atoms with Gasteiger partial charge in [0.2, 0.25) is 5.91 Å². The van der Waals surface area contributed by atoms with Gasteiger partial charge in [-0.05, 0) is 49.4 Å². The Morgan fingerprint density at radius 2 is 1.57 bits per heavy atom. The lowest BCUT2D eigenvalue weighted by molar-refractivity contribution is -0.115. The fourth-order valence-corrected chi connectivity index (χ4v) is 3.52. The van der Waals surface area contributed by atoms with Crippen molar-refractivity contribution in [3.05, 3.63) is 57.5 Å². The van der Waals surface area contributed by atoms with Crippen molar-refractivity contribution in [1.82, 2.24) is 0 Å². The van der Waals surface area contributed by atoms with E-state index in [1.165, 1.54) is 43.3 Å². The maximum Gasteiger partial charge on any atom is 0.242 e. The van der Waals surface area contributed by atoms with Crippen molar-refractivity contribution in [2.75, 3.05) is 5.32 Å². The molecule has 2 rings (SSSR count). The lowest BCUT2D eigenvalue weighted by Crippen LogP contribution is -2.32. The van der Waals surface area contributed by atoms with Crippen LogP contribution in [0.4, 0.5) is 5.69 Å². The van der Waals surface area contributed by atoms with E-state index in [4.69, 9.17) is 34.8 Å². The summed E-state index contributed by atoms with van der Waals surface area (Å²) in [5.41, 5.74) is 0.252. The van der Waals surface area contributed by atoms with Gasteiger partial charge in [0.1, 0.15) is 5.25 Å². The maximum absolute atomic E-state index is 12.5. The molecule has 122 valence electrons. The molecule has 0 aliphatic carbocycles. The first-order chi connectivity index (χ1) is 10.7. The predicted molar refractivity (Wildman–Crippen MR) is 93.2 cm³/mol. The average Bonchev–Trinajstić information content (AvgIpc) is 2.50. The Hall–Kier alpha value is -1.27. The number of hydrogen-bond acceptors (Lipinski definition) is 3. The van der Waals surface area contributed by atoms with Crippen molar-refractivity contribution in [2.24, 2.45) is 0 Å². The van der Waals surface area contributed by atoms with Gasteiger partial charge in [0.15, 0.2) is 9.84 Å². The molecular formula is C15H12Cl3NO3S. The quantitative estimate of drug-likeness (QED) is 0.836. The van der Waals surface area contributed by atoms with Gasteiger partial charge in [0.25, 0.3) is 0 Å². The first kappa shape index (κ1) is 18.1. The van der Waals surface area contributed by atoms with Crippen LogP contribution >= 0.6 is 34.8 Å². The second-order valence-corrected chi connectivity index (χ2v) is 8.30. The average molecular weight is 393 g/mol. The molecule has 1 atom stereocenters. The van der Waals surface area contributed by atoms with Crippen LogP contribution in [0.2, 0.25) is 15.1 Å². The number of rotatable bonds is 4.